The Labute approximate surface area is 109 Å². The van der Waals surface area contributed by atoms with Gasteiger partial charge in [-0.2, -0.15) is 0 Å². The lowest BCUT2D eigenvalue weighted by Gasteiger charge is -2.12. The first-order chi connectivity index (χ1) is 8.69. The molecule has 2 rings (SSSR count). The van der Waals surface area contributed by atoms with E-state index in [9.17, 15) is 0 Å². The molecule has 0 radical (unpaired) electrons. The van der Waals surface area contributed by atoms with E-state index < -0.39 is 0 Å². The van der Waals surface area contributed by atoms with Crippen LogP contribution < -0.4 is 5.73 Å². The molecule has 18 heavy (non-hydrogen) atoms. The van der Waals surface area contributed by atoms with E-state index in [1.807, 2.05) is 19.2 Å². The second-order valence-electron chi connectivity index (χ2n) is 4.71. The summed E-state index contributed by atoms with van der Waals surface area (Å²) in [6.45, 7) is 4.16. The van der Waals surface area contributed by atoms with Gasteiger partial charge in [-0.25, -0.2) is 0 Å². The van der Waals surface area contributed by atoms with E-state index in [1.165, 1.54) is 11.1 Å². The van der Waals surface area contributed by atoms with Gasteiger partial charge in [-0.1, -0.05) is 31.2 Å². The lowest BCUT2D eigenvalue weighted by atomic mass is 9.99. The van der Waals surface area contributed by atoms with Crippen LogP contribution in [0, 0.1) is 6.92 Å². The van der Waals surface area contributed by atoms with Crippen molar-refractivity contribution in [1.29, 1.82) is 0 Å². The van der Waals surface area contributed by atoms with Gasteiger partial charge in [-0.05, 0) is 48.6 Å². The van der Waals surface area contributed by atoms with Gasteiger partial charge < -0.3 is 5.73 Å². The van der Waals surface area contributed by atoms with E-state index in [4.69, 9.17) is 5.73 Å². The van der Waals surface area contributed by atoms with E-state index in [0.717, 1.165) is 24.1 Å². The normalized spacial score (nSPS) is 12.4. The Morgan fingerprint density at radius 3 is 2.39 bits per heavy atom. The average molecular weight is 240 g/mol. The van der Waals surface area contributed by atoms with E-state index in [0.29, 0.717) is 0 Å². The van der Waals surface area contributed by atoms with Crippen molar-refractivity contribution in [3.05, 3.63) is 65.0 Å². The van der Waals surface area contributed by atoms with Crippen molar-refractivity contribution in [2.45, 2.75) is 32.7 Å². The first-order valence-corrected chi connectivity index (χ1v) is 6.45. The number of nitrogens with zero attached hydrogens (tertiary/aromatic N) is 1. The lowest BCUT2D eigenvalue weighted by Crippen LogP contribution is -2.13. The second-order valence-corrected chi connectivity index (χ2v) is 4.71. The van der Waals surface area contributed by atoms with Crippen LogP contribution >= 0.6 is 0 Å². The second kappa shape index (κ2) is 5.78. The number of benzene rings is 1. The molecule has 0 saturated carbocycles. The third-order valence-electron chi connectivity index (χ3n) is 3.24. The van der Waals surface area contributed by atoms with Gasteiger partial charge in [0.2, 0.25) is 0 Å². The van der Waals surface area contributed by atoms with Crippen LogP contribution in [0.2, 0.25) is 0 Å². The number of hydrogen-bond acceptors (Lipinski definition) is 2. The first-order valence-electron chi connectivity index (χ1n) is 6.45. The standard InChI is InChI=1S/C16H20N2/c1-3-13-4-6-14(7-5-13)11-16(17)15-8-9-18-12(2)10-15/h4-10,16H,3,11,17H2,1-2H3. The molecule has 2 N–H and O–H groups in total. The van der Waals surface area contributed by atoms with Gasteiger partial charge in [-0.15, -0.1) is 0 Å². The van der Waals surface area contributed by atoms with Crippen molar-refractivity contribution < 1.29 is 0 Å². The number of hydrogen-bond donors (Lipinski definition) is 1. The molecule has 94 valence electrons. The van der Waals surface area contributed by atoms with Crippen molar-refractivity contribution in [2.24, 2.45) is 5.73 Å². The van der Waals surface area contributed by atoms with Crippen LogP contribution in [0.15, 0.2) is 42.6 Å². The molecule has 0 spiro atoms. The summed E-state index contributed by atoms with van der Waals surface area (Å²) in [6.07, 6.45) is 3.77. The Morgan fingerprint density at radius 1 is 1.11 bits per heavy atom. The number of rotatable bonds is 4. The molecule has 1 atom stereocenters. The summed E-state index contributed by atoms with van der Waals surface area (Å²) in [6, 6.07) is 12.8. The Kier molecular flexibility index (Phi) is 4.11. The SMILES string of the molecule is CCc1ccc(CC(N)c2ccnc(C)c2)cc1. The zero-order chi connectivity index (χ0) is 13.0. The van der Waals surface area contributed by atoms with Crippen molar-refractivity contribution in [2.75, 3.05) is 0 Å². The fourth-order valence-electron chi connectivity index (χ4n) is 2.08. The highest BCUT2D eigenvalue weighted by atomic mass is 14.7. The Balaban J connectivity index is 2.08. The van der Waals surface area contributed by atoms with Crippen LogP contribution in [0.4, 0.5) is 0 Å². The van der Waals surface area contributed by atoms with E-state index >= 15 is 0 Å². The fourth-order valence-corrected chi connectivity index (χ4v) is 2.08. The number of nitrogens with two attached hydrogens (primary N) is 1. The van der Waals surface area contributed by atoms with E-state index in [2.05, 4.69) is 42.2 Å². The monoisotopic (exact) mass is 240 g/mol. The molecule has 2 nitrogen and oxygen atoms in total. The zero-order valence-corrected chi connectivity index (χ0v) is 11.1. The molecule has 0 aliphatic rings. The summed E-state index contributed by atoms with van der Waals surface area (Å²) in [5.74, 6) is 0. The minimum Gasteiger partial charge on any atom is -0.324 e. The van der Waals surface area contributed by atoms with Gasteiger partial charge in [0.15, 0.2) is 0 Å². The molecular formula is C16H20N2. The van der Waals surface area contributed by atoms with Crippen LogP contribution in [-0.2, 0) is 12.8 Å². The molecule has 0 aliphatic heterocycles. The molecule has 1 unspecified atom stereocenters. The summed E-state index contributed by atoms with van der Waals surface area (Å²) in [5, 5.41) is 0. The predicted molar refractivity (Wildman–Crippen MR) is 75.4 cm³/mol. The fraction of sp³-hybridized carbons (Fsp3) is 0.312. The summed E-state index contributed by atoms with van der Waals surface area (Å²) in [4.78, 5) is 4.20. The van der Waals surface area contributed by atoms with Crippen LogP contribution in [0.25, 0.3) is 0 Å². The van der Waals surface area contributed by atoms with Crippen molar-refractivity contribution in [3.63, 3.8) is 0 Å². The number of aromatic nitrogens is 1. The lowest BCUT2D eigenvalue weighted by molar-refractivity contribution is 0.719. The molecule has 0 amide bonds. The van der Waals surface area contributed by atoms with Gasteiger partial charge in [0.25, 0.3) is 0 Å². The molecule has 2 aromatic rings. The van der Waals surface area contributed by atoms with Crippen LogP contribution in [0.5, 0.6) is 0 Å². The summed E-state index contributed by atoms with van der Waals surface area (Å²) >= 11 is 0. The quantitative estimate of drug-likeness (QED) is 0.891. The minimum absolute atomic E-state index is 0.0409. The first kappa shape index (κ1) is 12.8. The Morgan fingerprint density at radius 2 is 1.78 bits per heavy atom. The highest BCUT2D eigenvalue weighted by Crippen LogP contribution is 2.16. The van der Waals surface area contributed by atoms with Gasteiger partial charge in [-0.3, -0.25) is 4.98 Å². The maximum Gasteiger partial charge on any atom is 0.0375 e. The largest absolute Gasteiger partial charge is 0.324 e. The van der Waals surface area contributed by atoms with Crippen molar-refractivity contribution >= 4 is 0 Å². The number of pyridine rings is 1. The molecule has 0 aliphatic carbocycles. The molecule has 0 saturated heterocycles. The van der Waals surface area contributed by atoms with Gasteiger partial charge >= 0.3 is 0 Å². The number of aryl methyl sites for hydroxylation is 2. The van der Waals surface area contributed by atoms with Crippen molar-refractivity contribution in [3.8, 4) is 0 Å². The third kappa shape index (κ3) is 3.17. The molecule has 1 aromatic carbocycles. The molecule has 2 heteroatoms. The third-order valence-corrected chi connectivity index (χ3v) is 3.24. The van der Waals surface area contributed by atoms with Gasteiger partial charge in [0.05, 0.1) is 0 Å². The zero-order valence-electron chi connectivity index (χ0n) is 11.1. The predicted octanol–water partition coefficient (Wildman–Crippen LogP) is 3.19. The van der Waals surface area contributed by atoms with Crippen LogP contribution in [-0.4, -0.2) is 4.98 Å². The Bertz CT molecular complexity index is 503. The smallest absolute Gasteiger partial charge is 0.0375 e. The van der Waals surface area contributed by atoms with Gasteiger partial charge in [0, 0.05) is 17.9 Å². The summed E-state index contributed by atoms with van der Waals surface area (Å²) in [5.41, 5.74) is 11.1. The van der Waals surface area contributed by atoms with E-state index in [-0.39, 0.29) is 6.04 Å². The molecule has 1 heterocycles. The highest BCUT2D eigenvalue weighted by Gasteiger charge is 2.07. The summed E-state index contributed by atoms with van der Waals surface area (Å²) in [7, 11) is 0. The highest BCUT2D eigenvalue weighted by molar-refractivity contribution is 5.26. The van der Waals surface area contributed by atoms with Crippen LogP contribution in [0.1, 0.15) is 35.3 Å². The molecule has 0 fully saturated rings. The van der Waals surface area contributed by atoms with E-state index in [1.54, 1.807) is 0 Å². The maximum absolute atomic E-state index is 6.24. The van der Waals surface area contributed by atoms with Crippen molar-refractivity contribution in [1.82, 2.24) is 4.98 Å². The molecule has 1 aromatic heterocycles. The molecular weight excluding hydrogens is 220 g/mol. The molecule has 0 bridgehead atoms. The maximum atomic E-state index is 6.24. The summed E-state index contributed by atoms with van der Waals surface area (Å²) < 4.78 is 0. The minimum atomic E-state index is 0.0409. The topological polar surface area (TPSA) is 38.9 Å². The van der Waals surface area contributed by atoms with Gasteiger partial charge in [0.1, 0.15) is 0 Å². The van der Waals surface area contributed by atoms with Crippen LogP contribution in [0.3, 0.4) is 0 Å². The average Bonchev–Trinajstić information content (AvgIpc) is 2.39. The Hall–Kier alpha value is -1.67.